The summed E-state index contributed by atoms with van der Waals surface area (Å²) in [6.45, 7) is 3.58. The number of carbonyl (C=O) groups excluding carboxylic acids is 1. The zero-order valence-corrected chi connectivity index (χ0v) is 15.0. The van der Waals surface area contributed by atoms with Crippen LogP contribution in [0.1, 0.15) is 13.8 Å². The van der Waals surface area contributed by atoms with Crippen LogP contribution in [0, 0.1) is 5.95 Å². The Morgan fingerprint density at radius 3 is 2.54 bits per heavy atom. The van der Waals surface area contributed by atoms with Gasteiger partial charge in [0.2, 0.25) is 11.8 Å². The standard InChI is InChI=1S/C14H19Cl2FN2O5/c1-7(4-21-3)22-5-8(2)24-9(20)6-23-14-11(16)12(18)10(15)13(17)19-14/h7-8H,4-6H2,1-3H3,(H2,18,19). The fourth-order valence-corrected chi connectivity index (χ4v) is 1.98. The lowest BCUT2D eigenvalue weighted by molar-refractivity contribution is -0.154. The van der Waals surface area contributed by atoms with E-state index in [1.54, 1.807) is 14.0 Å². The van der Waals surface area contributed by atoms with Gasteiger partial charge in [-0.15, -0.1) is 0 Å². The van der Waals surface area contributed by atoms with E-state index in [2.05, 4.69) is 4.98 Å². The second-order valence-electron chi connectivity index (χ2n) is 4.94. The van der Waals surface area contributed by atoms with Crippen LogP contribution in [0.5, 0.6) is 5.88 Å². The molecule has 1 aromatic rings. The van der Waals surface area contributed by atoms with Gasteiger partial charge in [0, 0.05) is 7.11 Å². The molecule has 2 unspecified atom stereocenters. The van der Waals surface area contributed by atoms with Crippen LogP contribution in [-0.4, -0.2) is 50.1 Å². The fraction of sp³-hybridized carbons (Fsp3) is 0.571. The third-order valence-electron chi connectivity index (χ3n) is 2.72. The SMILES string of the molecule is COCC(C)OCC(C)OC(=O)COc1nc(F)c(Cl)c(N)c1Cl. The van der Waals surface area contributed by atoms with Crippen LogP contribution >= 0.6 is 23.2 Å². The summed E-state index contributed by atoms with van der Waals surface area (Å²) >= 11 is 11.4. The smallest absolute Gasteiger partial charge is 0.344 e. The molecule has 0 fully saturated rings. The zero-order chi connectivity index (χ0) is 18.3. The number of nitrogens with zero attached hydrogens (tertiary/aromatic N) is 1. The number of rotatable bonds is 9. The van der Waals surface area contributed by atoms with Crippen molar-refractivity contribution in [1.82, 2.24) is 4.98 Å². The number of hydrogen-bond donors (Lipinski definition) is 1. The molecule has 24 heavy (non-hydrogen) atoms. The van der Waals surface area contributed by atoms with E-state index in [0.717, 1.165) is 0 Å². The number of anilines is 1. The van der Waals surface area contributed by atoms with Gasteiger partial charge in [0.1, 0.15) is 16.1 Å². The Morgan fingerprint density at radius 1 is 1.25 bits per heavy atom. The molecule has 136 valence electrons. The van der Waals surface area contributed by atoms with Gasteiger partial charge in [-0.05, 0) is 13.8 Å². The molecule has 0 aliphatic heterocycles. The van der Waals surface area contributed by atoms with E-state index < -0.39 is 29.7 Å². The highest BCUT2D eigenvalue weighted by molar-refractivity contribution is 6.39. The van der Waals surface area contributed by atoms with Crippen molar-refractivity contribution in [2.24, 2.45) is 0 Å². The molecular formula is C14H19Cl2FN2O5. The van der Waals surface area contributed by atoms with Gasteiger partial charge in [-0.3, -0.25) is 0 Å². The summed E-state index contributed by atoms with van der Waals surface area (Å²) in [4.78, 5) is 15.1. The van der Waals surface area contributed by atoms with E-state index in [1.165, 1.54) is 0 Å². The van der Waals surface area contributed by atoms with Gasteiger partial charge in [0.25, 0.3) is 0 Å². The summed E-state index contributed by atoms with van der Waals surface area (Å²) in [6.07, 6.45) is -0.633. The molecule has 0 radical (unpaired) electrons. The van der Waals surface area contributed by atoms with Gasteiger partial charge >= 0.3 is 5.97 Å². The van der Waals surface area contributed by atoms with Crippen molar-refractivity contribution in [2.45, 2.75) is 26.1 Å². The second-order valence-corrected chi connectivity index (χ2v) is 5.69. The van der Waals surface area contributed by atoms with Crippen LogP contribution in [-0.2, 0) is 19.0 Å². The van der Waals surface area contributed by atoms with Crippen molar-refractivity contribution in [2.75, 3.05) is 32.7 Å². The van der Waals surface area contributed by atoms with E-state index in [-0.39, 0.29) is 29.3 Å². The highest BCUT2D eigenvalue weighted by Gasteiger charge is 2.18. The lowest BCUT2D eigenvalue weighted by atomic mass is 10.4. The summed E-state index contributed by atoms with van der Waals surface area (Å²) in [7, 11) is 1.56. The molecule has 7 nitrogen and oxygen atoms in total. The average Bonchev–Trinajstić information content (AvgIpc) is 2.53. The summed E-state index contributed by atoms with van der Waals surface area (Å²) in [6, 6.07) is 0. The molecule has 1 rings (SSSR count). The number of ether oxygens (including phenoxy) is 4. The van der Waals surface area contributed by atoms with Crippen molar-refractivity contribution < 1.29 is 28.1 Å². The molecule has 0 bridgehead atoms. The summed E-state index contributed by atoms with van der Waals surface area (Å²) in [5, 5.41) is -0.593. The zero-order valence-electron chi connectivity index (χ0n) is 13.5. The lowest BCUT2D eigenvalue weighted by Gasteiger charge is -2.17. The van der Waals surface area contributed by atoms with Crippen LogP contribution in [0.4, 0.5) is 10.1 Å². The number of pyridine rings is 1. The Morgan fingerprint density at radius 2 is 1.92 bits per heavy atom. The van der Waals surface area contributed by atoms with Gasteiger partial charge < -0.3 is 24.7 Å². The summed E-state index contributed by atoms with van der Waals surface area (Å²) in [5.74, 6) is -2.08. The number of halogens is 3. The highest BCUT2D eigenvalue weighted by atomic mass is 35.5. The first-order valence-corrected chi connectivity index (χ1v) is 7.74. The van der Waals surface area contributed by atoms with Crippen LogP contribution in [0.3, 0.4) is 0 Å². The quantitative estimate of drug-likeness (QED) is 0.516. The minimum absolute atomic E-state index is 0.129. The highest BCUT2D eigenvalue weighted by Crippen LogP contribution is 2.35. The maximum absolute atomic E-state index is 13.4. The van der Waals surface area contributed by atoms with E-state index in [1.807, 2.05) is 6.92 Å². The number of carbonyl (C=O) groups is 1. The van der Waals surface area contributed by atoms with Crippen LogP contribution < -0.4 is 10.5 Å². The molecular weight excluding hydrogens is 366 g/mol. The molecule has 0 spiro atoms. The summed E-state index contributed by atoms with van der Waals surface area (Å²) in [5.41, 5.74) is 5.28. The van der Waals surface area contributed by atoms with Gasteiger partial charge in [-0.25, -0.2) is 4.79 Å². The average molecular weight is 385 g/mol. The van der Waals surface area contributed by atoms with Crippen molar-refractivity contribution in [1.29, 1.82) is 0 Å². The topological polar surface area (TPSA) is 92.9 Å². The largest absolute Gasteiger partial charge is 0.464 e. The van der Waals surface area contributed by atoms with E-state index >= 15 is 0 Å². The van der Waals surface area contributed by atoms with Crippen molar-refractivity contribution >= 4 is 34.9 Å². The van der Waals surface area contributed by atoms with Gasteiger partial charge in [-0.1, -0.05) is 23.2 Å². The number of nitrogens with two attached hydrogens (primary N) is 1. The maximum Gasteiger partial charge on any atom is 0.344 e. The van der Waals surface area contributed by atoms with E-state index in [4.69, 9.17) is 47.9 Å². The van der Waals surface area contributed by atoms with Crippen LogP contribution in [0.25, 0.3) is 0 Å². The molecule has 0 aromatic carbocycles. The predicted molar refractivity (Wildman–Crippen MR) is 87.0 cm³/mol. The molecule has 2 N–H and O–H groups in total. The Labute approximate surface area is 149 Å². The first-order chi connectivity index (χ1) is 11.3. The Kier molecular flexibility index (Phi) is 8.47. The molecule has 2 atom stereocenters. The Hall–Kier alpha value is -1.35. The maximum atomic E-state index is 13.4. The first-order valence-electron chi connectivity index (χ1n) is 6.99. The minimum atomic E-state index is -1.05. The normalized spacial score (nSPS) is 13.4. The molecule has 1 heterocycles. The third-order valence-corrected chi connectivity index (χ3v) is 3.44. The van der Waals surface area contributed by atoms with Crippen LogP contribution in [0.15, 0.2) is 0 Å². The van der Waals surface area contributed by atoms with Crippen molar-refractivity contribution in [3.8, 4) is 5.88 Å². The number of nitrogen functional groups attached to an aromatic ring is 1. The van der Waals surface area contributed by atoms with Crippen LogP contribution in [0.2, 0.25) is 10.0 Å². The van der Waals surface area contributed by atoms with Gasteiger partial charge in [-0.2, -0.15) is 9.37 Å². The van der Waals surface area contributed by atoms with Gasteiger partial charge in [0.15, 0.2) is 6.61 Å². The predicted octanol–water partition coefficient (Wildman–Crippen LogP) is 2.47. The molecule has 0 saturated heterocycles. The number of methoxy groups -OCH3 is 1. The Bertz CT molecular complexity index is 577. The fourth-order valence-electron chi connectivity index (χ4n) is 1.61. The molecule has 0 saturated carbocycles. The number of esters is 1. The van der Waals surface area contributed by atoms with Crippen molar-refractivity contribution in [3.05, 3.63) is 16.0 Å². The lowest BCUT2D eigenvalue weighted by Crippen LogP contribution is -2.27. The minimum Gasteiger partial charge on any atom is -0.464 e. The van der Waals surface area contributed by atoms with Gasteiger partial charge in [0.05, 0.1) is 25.0 Å². The molecule has 0 aliphatic rings. The van der Waals surface area contributed by atoms with Crippen molar-refractivity contribution in [3.63, 3.8) is 0 Å². The molecule has 1 aromatic heterocycles. The first kappa shape index (κ1) is 20.7. The van der Waals surface area contributed by atoms with E-state index in [9.17, 15) is 9.18 Å². The molecule has 10 heteroatoms. The Balaban J connectivity index is 2.47. The van der Waals surface area contributed by atoms with E-state index in [0.29, 0.717) is 6.61 Å². The second kappa shape index (κ2) is 9.83. The summed E-state index contributed by atoms with van der Waals surface area (Å²) < 4.78 is 33.8. The molecule has 0 amide bonds. The monoisotopic (exact) mass is 384 g/mol. The number of hydrogen-bond acceptors (Lipinski definition) is 7. The number of aromatic nitrogens is 1. The third kappa shape index (κ3) is 6.27. The molecule has 0 aliphatic carbocycles.